The lowest BCUT2D eigenvalue weighted by molar-refractivity contribution is -1.62. The van der Waals surface area contributed by atoms with Crippen LogP contribution in [-0.4, -0.2) is 0 Å². The molecule has 15 heavy (non-hydrogen) atoms. The molecule has 3 nitrogen and oxygen atoms in total. The van der Waals surface area contributed by atoms with Crippen LogP contribution in [-0.2, 0) is 3.74 Å². The molecule has 0 aromatic heterocycles. The molecular formula is C10H7ClO3S. The monoisotopic (exact) mass is 242 g/mol. The lowest BCUT2D eigenvalue weighted by Gasteiger charge is -2.01. The molecule has 2 aromatic rings. The Morgan fingerprint density at radius 2 is 1.73 bits per heavy atom. The van der Waals surface area contributed by atoms with Crippen molar-refractivity contribution in [3.05, 3.63) is 42.5 Å². The molecule has 0 bridgehead atoms. The van der Waals surface area contributed by atoms with E-state index in [-0.39, 0.29) is 0 Å². The van der Waals surface area contributed by atoms with Gasteiger partial charge >= 0.3 is 10.8 Å². The van der Waals surface area contributed by atoms with E-state index >= 15 is 0 Å². The van der Waals surface area contributed by atoms with Gasteiger partial charge in [-0.1, -0.05) is 36.4 Å². The SMILES string of the molecule is [O-][Cl+2]([O-])OSc1cccc2ccccc12. The van der Waals surface area contributed by atoms with Gasteiger partial charge in [0, 0.05) is 0 Å². The molecule has 2 aromatic carbocycles. The zero-order valence-corrected chi connectivity index (χ0v) is 9.12. The molecule has 2 rings (SSSR count). The summed E-state index contributed by atoms with van der Waals surface area (Å²) in [7, 11) is -2.18. The van der Waals surface area contributed by atoms with Gasteiger partial charge in [0.1, 0.15) is 0 Å². The summed E-state index contributed by atoms with van der Waals surface area (Å²) >= 11 is 0.829. The fourth-order valence-corrected chi connectivity index (χ4v) is 2.22. The van der Waals surface area contributed by atoms with Crippen molar-refractivity contribution in [3.8, 4) is 0 Å². The summed E-state index contributed by atoms with van der Waals surface area (Å²) in [6.45, 7) is 0. The van der Waals surface area contributed by atoms with Gasteiger partial charge in [0.05, 0.1) is 8.63 Å². The van der Waals surface area contributed by atoms with Gasteiger partial charge in [0.15, 0.2) is 12.0 Å². The van der Waals surface area contributed by atoms with Crippen molar-refractivity contribution >= 4 is 22.8 Å². The van der Waals surface area contributed by atoms with Crippen LogP contribution >= 0.6 is 12.0 Å². The first-order valence-electron chi connectivity index (χ1n) is 4.16. The van der Waals surface area contributed by atoms with Crippen LogP contribution in [0, 0.1) is 10.8 Å². The largest absolute Gasteiger partial charge is 0.319 e. The average molecular weight is 243 g/mol. The third kappa shape index (κ3) is 2.62. The highest BCUT2D eigenvalue weighted by Crippen LogP contribution is 2.28. The minimum atomic E-state index is -2.18. The van der Waals surface area contributed by atoms with Gasteiger partial charge in [-0.25, -0.2) is 0 Å². The van der Waals surface area contributed by atoms with E-state index in [9.17, 15) is 9.32 Å². The maximum absolute atomic E-state index is 10.2. The van der Waals surface area contributed by atoms with Crippen molar-refractivity contribution < 1.29 is 23.8 Å². The maximum atomic E-state index is 10.2. The molecule has 5 heteroatoms. The molecule has 0 radical (unpaired) electrons. The molecule has 0 amide bonds. The average Bonchev–Trinajstić information content (AvgIpc) is 2.26. The van der Waals surface area contributed by atoms with Crippen LogP contribution in [0.5, 0.6) is 0 Å². The second-order valence-electron chi connectivity index (χ2n) is 2.81. The summed E-state index contributed by atoms with van der Waals surface area (Å²) in [4.78, 5) is 0.780. The maximum Gasteiger partial charge on any atom is 0.302 e. The first kappa shape index (κ1) is 10.7. The molecule has 0 unspecified atom stereocenters. The number of rotatable bonds is 3. The van der Waals surface area contributed by atoms with Gasteiger partial charge in [-0.2, -0.15) is 0 Å². The second-order valence-corrected chi connectivity index (χ2v) is 4.30. The lowest BCUT2D eigenvalue weighted by atomic mass is 10.1. The number of halogens is 1. The zero-order valence-electron chi connectivity index (χ0n) is 7.55. The van der Waals surface area contributed by atoms with Crippen LogP contribution in [0.4, 0.5) is 0 Å². The molecule has 0 aliphatic heterocycles. The molecule has 0 heterocycles. The topological polar surface area (TPSA) is 55.3 Å². The van der Waals surface area contributed by atoms with Gasteiger partial charge in [-0.3, -0.25) is 0 Å². The Bertz CT molecular complexity index is 456. The predicted octanol–water partition coefficient (Wildman–Crippen LogP) is 0.950. The number of benzene rings is 2. The predicted molar refractivity (Wildman–Crippen MR) is 50.9 cm³/mol. The molecular weight excluding hydrogens is 236 g/mol. The Hall–Kier alpha value is -0.780. The van der Waals surface area contributed by atoms with Gasteiger partial charge < -0.3 is 9.32 Å². The summed E-state index contributed by atoms with van der Waals surface area (Å²) < 4.78 is 24.9. The van der Waals surface area contributed by atoms with Crippen LogP contribution in [0.3, 0.4) is 0 Å². The first-order chi connectivity index (χ1) is 7.27. The van der Waals surface area contributed by atoms with Gasteiger partial charge in [0.25, 0.3) is 0 Å². The van der Waals surface area contributed by atoms with E-state index in [2.05, 4.69) is 3.74 Å². The summed E-state index contributed by atoms with van der Waals surface area (Å²) in [6.07, 6.45) is 0. The van der Waals surface area contributed by atoms with Crippen molar-refractivity contribution in [3.63, 3.8) is 0 Å². The Kier molecular flexibility index (Phi) is 3.45. The minimum Gasteiger partial charge on any atom is -0.319 e. The van der Waals surface area contributed by atoms with Crippen LogP contribution in [0.15, 0.2) is 47.4 Å². The minimum absolute atomic E-state index is 0.780. The third-order valence-electron chi connectivity index (χ3n) is 1.92. The highest BCUT2D eigenvalue weighted by atomic mass is 35.6. The molecule has 0 saturated heterocycles. The van der Waals surface area contributed by atoms with E-state index in [0.717, 1.165) is 27.7 Å². The fourth-order valence-electron chi connectivity index (χ4n) is 1.33. The summed E-state index contributed by atoms with van der Waals surface area (Å²) in [5.74, 6) is 0. The first-order valence-corrected chi connectivity index (χ1v) is 5.82. The fraction of sp³-hybridized carbons (Fsp3) is 0. The van der Waals surface area contributed by atoms with Gasteiger partial charge in [0.2, 0.25) is 0 Å². The number of fused-ring (bicyclic) bond motifs is 1. The van der Waals surface area contributed by atoms with Crippen molar-refractivity contribution in [1.29, 1.82) is 0 Å². The van der Waals surface area contributed by atoms with Crippen LogP contribution in [0.25, 0.3) is 10.8 Å². The highest BCUT2D eigenvalue weighted by Gasteiger charge is 2.11. The summed E-state index contributed by atoms with van der Waals surface area (Å²) in [6, 6.07) is 13.4. The normalized spacial score (nSPS) is 11.1. The summed E-state index contributed by atoms with van der Waals surface area (Å²) in [5, 5.41) is 2.03. The molecule has 78 valence electrons. The molecule has 0 aliphatic carbocycles. The zero-order chi connectivity index (χ0) is 10.7. The van der Waals surface area contributed by atoms with E-state index in [1.54, 1.807) is 0 Å². The Morgan fingerprint density at radius 1 is 1.00 bits per heavy atom. The molecule has 0 atom stereocenters. The van der Waals surface area contributed by atoms with E-state index in [4.69, 9.17) is 0 Å². The van der Waals surface area contributed by atoms with Crippen molar-refractivity contribution in [1.82, 2.24) is 0 Å². The molecule has 0 spiro atoms. The second kappa shape index (κ2) is 4.83. The summed E-state index contributed by atoms with van der Waals surface area (Å²) in [5.41, 5.74) is 0. The molecule has 0 fully saturated rings. The van der Waals surface area contributed by atoms with Gasteiger partial charge in [-0.15, -0.1) is 0 Å². The van der Waals surface area contributed by atoms with Crippen molar-refractivity contribution in [2.24, 2.45) is 0 Å². The van der Waals surface area contributed by atoms with Gasteiger partial charge in [-0.05, 0) is 16.8 Å². The van der Waals surface area contributed by atoms with E-state index < -0.39 is 10.8 Å². The quantitative estimate of drug-likeness (QED) is 0.752. The van der Waals surface area contributed by atoms with Crippen molar-refractivity contribution in [2.45, 2.75) is 4.90 Å². The number of hydrogen-bond donors (Lipinski definition) is 0. The molecule has 0 saturated carbocycles. The third-order valence-corrected chi connectivity index (χ3v) is 3.12. The number of hydrogen-bond acceptors (Lipinski definition) is 4. The standard InChI is InChI=1S/C10H7ClO3S/c12-11(13)14-15-10-7-3-5-8-4-1-2-6-9(8)10/h1-7H. The van der Waals surface area contributed by atoms with E-state index in [0.29, 0.717) is 0 Å². The smallest absolute Gasteiger partial charge is 0.302 e. The van der Waals surface area contributed by atoms with Crippen molar-refractivity contribution in [2.75, 3.05) is 0 Å². The Labute approximate surface area is 94.3 Å². The van der Waals surface area contributed by atoms with E-state index in [1.165, 1.54) is 0 Å². The van der Waals surface area contributed by atoms with Crippen LogP contribution in [0.1, 0.15) is 0 Å². The Morgan fingerprint density at radius 3 is 2.53 bits per heavy atom. The highest BCUT2D eigenvalue weighted by molar-refractivity contribution is 7.94. The lowest BCUT2D eigenvalue weighted by Crippen LogP contribution is -2.32. The van der Waals surface area contributed by atoms with Crippen LogP contribution < -0.4 is 9.32 Å². The Balaban J connectivity index is 2.34. The molecule has 0 N–H and O–H groups in total. The van der Waals surface area contributed by atoms with E-state index in [1.807, 2.05) is 42.5 Å². The van der Waals surface area contributed by atoms with Crippen LogP contribution in [0.2, 0.25) is 0 Å². The molecule has 0 aliphatic rings.